The van der Waals surface area contributed by atoms with E-state index in [4.69, 9.17) is 4.42 Å². The summed E-state index contributed by atoms with van der Waals surface area (Å²) in [4.78, 5) is 33.9. The Bertz CT molecular complexity index is 809. The van der Waals surface area contributed by atoms with Gasteiger partial charge in [-0.3, -0.25) is 14.8 Å². The molecule has 17 heavy (non-hydrogen) atoms. The van der Waals surface area contributed by atoms with Crippen molar-refractivity contribution in [3.63, 3.8) is 0 Å². The second kappa shape index (κ2) is 3.45. The van der Waals surface area contributed by atoms with Crippen LogP contribution in [-0.2, 0) is 0 Å². The number of nitrogens with one attached hydrogen (secondary N) is 3. The molecule has 0 unspecified atom stereocenters. The molecular weight excluding hydrogens is 292 g/mol. The van der Waals surface area contributed by atoms with Crippen LogP contribution >= 0.6 is 15.9 Å². The SMILES string of the molecule is O=c1[nH]c(=O)c2[nH]c(-c3ccc(Br)o3)nc2[nH]1. The van der Waals surface area contributed by atoms with E-state index in [1.165, 1.54) is 0 Å². The van der Waals surface area contributed by atoms with Gasteiger partial charge in [0.05, 0.1) is 0 Å². The van der Waals surface area contributed by atoms with Crippen LogP contribution in [0.1, 0.15) is 0 Å². The second-order valence-corrected chi connectivity index (χ2v) is 4.10. The quantitative estimate of drug-likeness (QED) is 0.621. The maximum atomic E-state index is 11.5. The highest BCUT2D eigenvalue weighted by molar-refractivity contribution is 9.10. The molecule has 0 aliphatic carbocycles. The van der Waals surface area contributed by atoms with Crippen molar-refractivity contribution in [2.75, 3.05) is 0 Å². The van der Waals surface area contributed by atoms with E-state index >= 15 is 0 Å². The Morgan fingerprint density at radius 1 is 1.18 bits per heavy atom. The van der Waals surface area contributed by atoms with Gasteiger partial charge in [-0.1, -0.05) is 0 Å². The maximum absolute atomic E-state index is 11.5. The van der Waals surface area contributed by atoms with Crippen LogP contribution in [0.3, 0.4) is 0 Å². The summed E-state index contributed by atoms with van der Waals surface area (Å²) in [5.74, 6) is 0.839. The summed E-state index contributed by atoms with van der Waals surface area (Å²) in [6.07, 6.45) is 0. The predicted molar refractivity (Wildman–Crippen MR) is 62.7 cm³/mol. The smallest absolute Gasteiger partial charge is 0.327 e. The van der Waals surface area contributed by atoms with E-state index in [2.05, 4.69) is 35.9 Å². The number of halogens is 1. The molecule has 0 aliphatic heterocycles. The van der Waals surface area contributed by atoms with Crippen molar-refractivity contribution >= 4 is 27.1 Å². The van der Waals surface area contributed by atoms with Crippen molar-refractivity contribution in [1.29, 1.82) is 0 Å². The summed E-state index contributed by atoms with van der Waals surface area (Å²) >= 11 is 3.17. The number of hydrogen-bond acceptors (Lipinski definition) is 4. The van der Waals surface area contributed by atoms with Crippen LogP contribution in [0.25, 0.3) is 22.7 Å². The fourth-order valence-corrected chi connectivity index (χ4v) is 1.80. The van der Waals surface area contributed by atoms with E-state index in [1.807, 2.05) is 0 Å². The number of aromatic amines is 3. The lowest BCUT2D eigenvalue weighted by atomic mass is 10.4. The molecule has 3 aromatic heterocycles. The lowest BCUT2D eigenvalue weighted by Crippen LogP contribution is -2.21. The van der Waals surface area contributed by atoms with Crippen molar-refractivity contribution in [3.8, 4) is 11.6 Å². The first-order valence-corrected chi connectivity index (χ1v) is 5.41. The monoisotopic (exact) mass is 296 g/mol. The van der Waals surface area contributed by atoms with Crippen LogP contribution in [0.4, 0.5) is 0 Å². The Balaban J connectivity index is 2.30. The molecule has 0 radical (unpaired) electrons. The summed E-state index contributed by atoms with van der Waals surface area (Å²) in [5, 5.41) is 0. The zero-order valence-electron chi connectivity index (χ0n) is 8.20. The fourth-order valence-electron chi connectivity index (χ4n) is 1.49. The van der Waals surface area contributed by atoms with Crippen LogP contribution < -0.4 is 11.2 Å². The third-order valence-electron chi connectivity index (χ3n) is 2.20. The second-order valence-electron chi connectivity index (χ2n) is 3.32. The van der Waals surface area contributed by atoms with Gasteiger partial charge in [0.25, 0.3) is 5.56 Å². The Labute approximate surface area is 101 Å². The van der Waals surface area contributed by atoms with Crippen molar-refractivity contribution in [2.24, 2.45) is 0 Å². The lowest BCUT2D eigenvalue weighted by Gasteiger charge is -1.86. The van der Waals surface area contributed by atoms with Crippen LogP contribution in [0, 0.1) is 0 Å². The number of rotatable bonds is 1. The predicted octanol–water partition coefficient (Wildman–Crippen LogP) is 0.962. The van der Waals surface area contributed by atoms with Gasteiger partial charge in [-0.15, -0.1) is 0 Å². The molecule has 0 fully saturated rings. The van der Waals surface area contributed by atoms with Gasteiger partial charge in [0.15, 0.2) is 21.9 Å². The summed E-state index contributed by atoms with van der Waals surface area (Å²) in [7, 11) is 0. The molecule has 0 aromatic carbocycles. The van der Waals surface area contributed by atoms with E-state index < -0.39 is 11.2 Å². The van der Waals surface area contributed by atoms with Crippen molar-refractivity contribution in [2.45, 2.75) is 0 Å². The molecule has 86 valence electrons. The fraction of sp³-hybridized carbons (Fsp3) is 0. The standard InChI is InChI=1S/C9H5BrN4O3/c10-4-2-1-3(17-4)6-11-5-7(12-6)13-9(16)14-8(5)15/h1-2H,(H3,11,12,13,14,15,16). The number of hydrogen-bond donors (Lipinski definition) is 3. The normalized spacial score (nSPS) is 11.1. The van der Waals surface area contributed by atoms with Crippen LogP contribution in [-0.4, -0.2) is 19.9 Å². The van der Waals surface area contributed by atoms with Gasteiger partial charge >= 0.3 is 5.69 Å². The third kappa shape index (κ3) is 1.62. The zero-order chi connectivity index (χ0) is 12.0. The molecule has 3 heterocycles. The van der Waals surface area contributed by atoms with Gasteiger partial charge in [-0.25, -0.2) is 9.78 Å². The van der Waals surface area contributed by atoms with Crippen LogP contribution in [0.2, 0.25) is 0 Å². The highest BCUT2D eigenvalue weighted by atomic mass is 79.9. The first-order chi connectivity index (χ1) is 8.13. The Hall–Kier alpha value is -2.09. The summed E-state index contributed by atoms with van der Waals surface area (Å²) < 4.78 is 5.84. The van der Waals surface area contributed by atoms with Crippen molar-refractivity contribution in [1.82, 2.24) is 19.9 Å². The molecule has 3 N–H and O–H groups in total. The molecule has 3 aromatic rings. The van der Waals surface area contributed by atoms with Gasteiger partial charge in [-0.2, -0.15) is 0 Å². The molecular formula is C9H5BrN4O3. The molecule has 8 heteroatoms. The average Bonchev–Trinajstić information content (AvgIpc) is 2.83. The van der Waals surface area contributed by atoms with Gasteiger partial charge in [0, 0.05) is 0 Å². The van der Waals surface area contributed by atoms with Gasteiger partial charge in [0.2, 0.25) is 0 Å². The minimum absolute atomic E-state index is 0.196. The molecule has 0 saturated carbocycles. The average molecular weight is 297 g/mol. The minimum atomic E-state index is -0.596. The first-order valence-electron chi connectivity index (χ1n) is 4.61. The van der Waals surface area contributed by atoms with E-state index in [0.717, 1.165) is 0 Å². The molecule has 7 nitrogen and oxygen atoms in total. The molecule has 0 atom stereocenters. The van der Waals surface area contributed by atoms with Crippen molar-refractivity contribution < 1.29 is 4.42 Å². The van der Waals surface area contributed by atoms with Crippen LogP contribution in [0.15, 0.2) is 30.8 Å². The topological polar surface area (TPSA) is 108 Å². The molecule has 0 aliphatic rings. The van der Waals surface area contributed by atoms with E-state index in [1.54, 1.807) is 12.1 Å². The van der Waals surface area contributed by atoms with E-state index in [-0.39, 0.29) is 11.2 Å². The van der Waals surface area contributed by atoms with Gasteiger partial charge < -0.3 is 9.40 Å². The summed E-state index contributed by atoms with van der Waals surface area (Å²) in [6.45, 7) is 0. The van der Waals surface area contributed by atoms with Crippen LogP contribution in [0.5, 0.6) is 0 Å². The minimum Gasteiger partial charge on any atom is -0.446 e. The zero-order valence-corrected chi connectivity index (χ0v) is 9.79. The molecule has 3 rings (SSSR count). The number of nitrogens with zero attached hydrogens (tertiary/aromatic N) is 1. The third-order valence-corrected chi connectivity index (χ3v) is 2.62. The van der Waals surface area contributed by atoms with Gasteiger partial charge in [-0.05, 0) is 28.1 Å². The Morgan fingerprint density at radius 3 is 2.71 bits per heavy atom. The highest BCUT2D eigenvalue weighted by Crippen LogP contribution is 2.23. The number of aromatic nitrogens is 4. The maximum Gasteiger partial charge on any atom is 0.327 e. The Morgan fingerprint density at radius 2 is 2.00 bits per heavy atom. The van der Waals surface area contributed by atoms with Crippen molar-refractivity contribution in [3.05, 3.63) is 37.6 Å². The summed E-state index contributed by atoms with van der Waals surface area (Å²) in [5.41, 5.74) is -0.720. The molecule has 0 saturated heterocycles. The molecule has 0 amide bonds. The molecule has 0 bridgehead atoms. The highest BCUT2D eigenvalue weighted by Gasteiger charge is 2.11. The van der Waals surface area contributed by atoms with E-state index in [0.29, 0.717) is 16.3 Å². The lowest BCUT2D eigenvalue weighted by molar-refractivity contribution is 0.552. The number of fused-ring (bicyclic) bond motifs is 1. The molecule has 0 spiro atoms. The van der Waals surface area contributed by atoms with E-state index in [9.17, 15) is 9.59 Å². The largest absolute Gasteiger partial charge is 0.446 e. The number of furan rings is 1. The van der Waals surface area contributed by atoms with Gasteiger partial charge in [0.1, 0.15) is 5.52 Å². The number of imidazole rings is 1. The summed E-state index contributed by atoms with van der Waals surface area (Å²) in [6, 6.07) is 3.39. The number of H-pyrrole nitrogens is 3. The first kappa shape index (κ1) is 10.1. The Kier molecular flexibility index (Phi) is 2.05.